The van der Waals surface area contributed by atoms with E-state index in [1.54, 1.807) is 0 Å². The zero-order chi connectivity index (χ0) is 17.6. The molecule has 0 aliphatic heterocycles. The summed E-state index contributed by atoms with van der Waals surface area (Å²) in [6.07, 6.45) is 0. The highest BCUT2D eigenvalue weighted by Gasteiger charge is 2.17. The first-order valence-electron chi connectivity index (χ1n) is 7.61. The van der Waals surface area contributed by atoms with E-state index in [1.807, 2.05) is 66.5 Å². The van der Waals surface area contributed by atoms with Crippen molar-refractivity contribution in [1.29, 1.82) is 0 Å². The van der Waals surface area contributed by atoms with Gasteiger partial charge in [-0.1, -0.05) is 54.6 Å². The molecule has 0 heterocycles. The summed E-state index contributed by atoms with van der Waals surface area (Å²) in [5.74, 6) is -2.29. The van der Waals surface area contributed by atoms with Crippen LogP contribution in [-0.2, 0) is 21.2 Å². The molecule has 6 heteroatoms. The molecule has 0 unspecified atom stereocenters. The summed E-state index contributed by atoms with van der Waals surface area (Å²) in [4.78, 5) is 12.4. The van der Waals surface area contributed by atoms with E-state index in [0.717, 1.165) is 16.7 Å². The van der Waals surface area contributed by atoms with E-state index in [2.05, 4.69) is 0 Å². The van der Waals surface area contributed by atoms with Crippen molar-refractivity contribution < 1.29 is 18.3 Å². The normalized spacial score (nSPS) is 11.6. The van der Waals surface area contributed by atoms with E-state index >= 15 is 0 Å². The molecule has 0 aromatic heterocycles. The van der Waals surface area contributed by atoms with Crippen LogP contribution >= 0.6 is 0 Å². The fourth-order valence-electron chi connectivity index (χ4n) is 2.48. The SMILES string of the molecule is CN(CCS(=O)(=O)CC(=O)O)Cc1ccccc1-c1ccccc1. The van der Waals surface area contributed by atoms with E-state index in [-0.39, 0.29) is 5.75 Å². The summed E-state index contributed by atoms with van der Waals surface area (Å²) in [5.41, 5.74) is 3.32. The van der Waals surface area contributed by atoms with Gasteiger partial charge in [-0.05, 0) is 23.7 Å². The van der Waals surface area contributed by atoms with Crippen LogP contribution in [0.5, 0.6) is 0 Å². The number of hydrogen-bond donors (Lipinski definition) is 1. The molecule has 1 N–H and O–H groups in total. The quantitative estimate of drug-likeness (QED) is 0.793. The molecule has 0 spiro atoms. The second-order valence-electron chi connectivity index (χ2n) is 5.75. The Morgan fingerprint density at radius 2 is 1.67 bits per heavy atom. The predicted octanol–water partition coefficient (Wildman–Crippen LogP) is 2.28. The number of nitrogens with zero attached hydrogens (tertiary/aromatic N) is 1. The van der Waals surface area contributed by atoms with Gasteiger partial charge in [-0.25, -0.2) is 8.42 Å². The molecule has 0 aliphatic rings. The molecule has 0 saturated heterocycles. The van der Waals surface area contributed by atoms with Gasteiger partial charge >= 0.3 is 5.97 Å². The Morgan fingerprint density at radius 1 is 1.04 bits per heavy atom. The van der Waals surface area contributed by atoms with Gasteiger partial charge in [0.25, 0.3) is 0 Å². The molecule has 0 aliphatic carbocycles. The van der Waals surface area contributed by atoms with Crippen LogP contribution in [0.3, 0.4) is 0 Å². The first-order valence-corrected chi connectivity index (χ1v) is 9.43. The molecule has 24 heavy (non-hydrogen) atoms. The summed E-state index contributed by atoms with van der Waals surface area (Å²) in [6.45, 7) is 0.881. The maximum atomic E-state index is 11.7. The topological polar surface area (TPSA) is 74.7 Å². The third kappa shape index (κ3) is 5.47. The highest BCUT2D eigenvalue weighted by atomic mass is 32.2. The van der Waals surface area contributed by atoms with Gasteiger partial charge < -0.3 is 10.0 Å². The van der Waals surface area contributed by atoms with Crippen LogP contribution in [0.4, 0.5) is 0 Å². The van der Waals surface area contributed by atoms with Crippen molar-refractivity contribution in [3.8, 4) is 11.1 Å². The van der Waals surface area contributed by atoms with E-state index in [0.29, 0.717) is 13.1 Å². The Hall–Kier alpha value is -2.18. The summed E-state index contributed by atoms with van der Waals surface area (Å²) >= 11 is 0. The molecule has 2 rings (SSSR count). The van der Waals surface area contributed by atoms with Crippen molar-refractivity contribution in [2.75, 3.05) is 25.1 Å². The highest BCUT2D eigenvalue weighted by molar-refractivity contribution is 7.92. The molecule has 128 valence electrons. The van der Waals surface area contributed by atoms with Gasteiger partial charge in [0.15, 0.2) is 9.84 Å². The minimum Gasteiger partial charge on any atom is -0.480 e. The molecule has 2 aromatic rings. The predicted molar refractivity (Wildman–Crippen MR) is 94.5 cm³/mol. The monoisotopic (exact) mass is 347 g/mol. The molecule has 5 nitrogen and oxygen atoms in total. The van der Waals surface area contributed by atoms with Crippen LogP contribution in [0.25, 0.3) is 11.1 Å². The van der Waals surface area contributed by atoms with E-state index in [4.69, 9.17) is 5.11 Å². The van der Waals surface area contributed by atoms with Gasteiger partial charge in [0.05, 0.1) is 5.75 Å². The van der Waals surface area contributed by atoms with E-state index in [1.165, 1.54) is 0 Å². The minimum absolute atomic E-state index is 0.163. The number of benzene rings is 2. The molecule has 0 amide bonds. The second-order valence-corrected chi connectivity index (χ2v) is 7.93. The molecule has 0 saturated carbocycles. The summed E-state index contributed by atoms with van der Waals surface area (Å²) in [5, 5.41) is 8.62. The number of carboxylic acid groups (broad SMARTS) is 1. The number of sulfone groups is 1. The van der Waals surface area contributed by atoms with Gasteiger partial charge in [-0.15, -0.1) is 0 Å². The lowest BCUT2D eigenvalue weighted by molar-refractivity contribution is -0.134. The highest BCUT2D eigenvalue weighted by Crippen LogP contribution is 2.24. The number of rotatable bonds is 8. The van der Waals surface area contributed by atoms with Gasteiger partial charge in [-0.2, -0.15) is 0 Å². The van der Waals surface area contributed by atoms with Gasteiger partial charge in [0, 0.05) is 13.1 Å². The summed E-state index contributed by atoms with van der Waals surface area (Å²) < 4.78 is 23.4. The molecule has 0 bridgehead atoms. The maximum absolute atomic E-state index is 11.7. The van der Waals surface area contributed by atoms with Crippen molar-refractivity contribution >= 4 is 15.8 Å². The lowest BCUT2D eigenvalue weighted by Gasteiger charge is -2.19. The van der Waals surface area contributed by atoms with Crippen LogP contribution < -0.4 is 0 Å². The van der Waals surface area contributed by atoms with Crippen molar-refractivity contribution in [1.82, 2.24) is 4.90 Å². The van der Waals surface area contributed by atoms with Crippen LogP contribution in [0, 0.1) is 0 Å². The second kappa shape index (κ2) is 8.08. The van der Waals surface area contributed by atoms with Crippen LogP contribution in [0.2, 0.25) is 0 Å². The van der Waals surface area contributed by atoms with Gasteiger partial charge in [-0.3, -0.25) is 4.79 Å². The zero-order valence-corrected chi connectivity index (χ0v) is 14.4. The molecule has 2 aromatic carbocycles. The molecular weight excluding hydrogens is 326 g/mol. The molecular formula is C18H21NO4S. The number of hydrogen-bond acceptors (Lipinski definition) is 4. The fourth-order valence-corrected chi connectivity index (χ4v) is 3.59. The Bertz CT molecular complexity index is 788. The Kier molecular flexibility index (Phi) is 6.11. The third-order valence-electron chi connectivity index (χ3n) is 3.67. The van der Waals surface area contributed by atoms with Crippen molar-refractivity contribution in [2.24, 2.45) is 0 Å². The number of carbonyl (C=O) groups is 1. The van der Waals surface area contributed by atoms with Crippen LogP contribution in [0.15, 0.2) is 54.6 Å². The molecule has 0 radical (unpaired) electrons. The van der Waals surface area contributed by atoms with Gasteiger partial charge in [0.2, 0.25) is 0 Å². The lowest BCUT2D eigenvalue weighted by Crippen LogP contribution is -2.28. The molecule has 0 fully saturated rings. The van der Waals surface area contributed by atoms with E-state index < -0.39 is 21.6 Å². The van der Waals surface area contributed by atoms with E-state index in [9.17, 15) is 13.2 Å². The Morgan fingerprint density at radius 3 is 2.33 bits per heavy atom. The van der Waals surface area contributed by atoms with Crippen LogP contribution in [-0.4, -0.2) is 49.5 Å². The first-order chi connectivity index (χ1) is 11.4. The standard InChI is InChI=1S/C18H21NO4S/c1-19(11-12-24(22,23)14-18(20)21)13-16-9-5-6-10-17(16)15-7-3-2-4-8-15/h2-10H,11-14H2,1H3,(H,20,21). The number of aliphatic carboxylic acids is 1. The van der Waals surface area contributed by atoms with Gasteiger partial charge in [0.1, 0.15) is 5.75 Å². The van der Waals surface area contributed by atoms with Crippen LogP contribution in [0.1, 0.15) is 5.56 Å². The fraction of sp³-hybridized carbons (Fsp3) is 0.278. The largest absolute Gasteiger partial charge is 0.480 e. The first kappa shape index (κ1) is 18.2. The maximum Gasteiger partial charge on any atom is 0.318 e. The Balaban J connectivity index is 2.05. The molecule has 0 atom stereocenters. The summed E-state index contributed by atoms with van der Waals surface area (Å²) in [6, 6.07) is 18.0. The Labute approximate surface area is 142 Å². The smallest absolute Gasteiger partial charge is 0.318 e. The number of carboxylic acids is 1. The zero-order valence-electron chi connectivity index (χ0n) is 13.6. The van der Waals surface area contributed by atoms with Crippen molar-refractivity contribution in [3.63, 3.8) is 0 Å². The lowest BCUT2D eigenvalue weighted by atomic mass is 9.99. The van der Waals surface area contributed by atoms with Crippen molar-refractivity contribution in [2.45, 2.75) is 6.54 Å². The third-order valence-corrected chi connectivity index (χ3v) is 5.16. The average molecular weight is 347 g/mol. The average Bonchev–Trinajstić information content (AvgIpc) is 2.53. The van der Waals surface area contributed by atoms with Crippen molar-refractivity contribution in [3.05, 3.63) is 60.2 Å². The summed E-state index contributed by atoms with van der Waals surface area (Å²) in [7, 11) is -1.74. The minimum atomic E-state index is -3.57.